The van der Waals surface area contributed by atoms with Gasteiger partial charge in [-0.15, -0.1) is 0 Å². The number of ether oxygens (including phenoxy) is 1. The number of allylic oxidation sites excluding steroid dienone is 3. The largest absolute Gasteiger partial charge is 0.469 e. The first-order chi connectivity index (χ1) is 13.4. The lowest BCUT2D eigenvalue weighted by Crippen LogP contribution is -2.32. The van der Waals surface area contributed by atoms with E-state index in [1.165, 1.54) is 18.2 Å². The minimum Gasteiger partial charge on any atom is -0.469 e. The lowest BCUT2D eigenvalue weighted by atomic mass is 9.86. The molecule has 0 aliphatic carbocycles. The fraction of sp³-hybridized carbons (Fsp3) is 0.409. The Labute approximate surface area is 167 Å². The number of rotatable bonds is 8. The summed E-state index contributed by atoms with van der Waals surface area (Å²) in [5.74, 6) is 5.66. The number of methoxy groups -OCH3 is 1. The van der Waals surface area contributed by atoms with E-state index in [0.29, 0.717) is 17.9 Å². The van der Waals surface area contributed by atoms with Crippen molar-refractivity contribution in [1.82, 2.24) is 10.3 Å². The molecule has 0 amide bonds. The number of hydrogen-bond acceptors (Lipinski definition) is 6. The molecular weight excluding hydrogens is 352 g/mol. The van der Waals surface area contributed by atoms with Gasteiger partial charge in [0, 0.05) is 24.7 Å². The Morgan fingerprint density at radius 3 is 2.79 bits per heavy atom. The molecule has 0 fully saturated rings. The second kappa shape index (κ2) is 10.1. The van der Waals surface area contributed by atoms with Crippen LogP contribution in [-0.2, 0) is 22.5 Å². The van der Waals surface area contributed by atoms with Crippen LogP contribution in [0.25, 0.3) is 0 Å². The van der Waals surface area contributed by atoms with Crippen molar-refractivity contribution in [2.24, 2.45) is 11.6 Å². The SMILES string of the molecule is C=C(N)/C(=C\C=C(/C)C(CC(=O)OC)c1ccc2c(c1)CNCC2)N(N)CC. The third kappa shape index (κ3) is 5.47. The highest BCUT2D eigenvalue weighted by atomic mass is 16.5. The summed E-state index contributed by atoms with van der Waals surface area (Å²) in [6.07, 6.45) is 5.11. The fourth-order valence-corrected chi connectivity index (χ4v) is 3.39. The van der Waals surface area contributed by atoms with Crippen LogP contribution >= 0.6 is 0 Å². The minimum atomic E-state index is -0.241. The van der Waals surface area contributed by atoms with Gasteiger partial charge in [-0.25, -0.2) is 5.84 Å². The molecule has 2 rings (SSSR count). The molecule has 1 aromatic rings. The van der Waals surface area contributed by atoms with Gasteiger partial charge in [0.25, 0.3) is 0 Å². The number of esters is 1. The van der Waals surface area contributed by atoms with Gasteiger partial charge in [-0.2, -0.15) is 0 Å². The van der Waals surface area contributed by atoms with E-state index in [2.05, 4.69) is 30.1 Å². The van der Waals surface area contributed by atoms with E-state index in [1.54, 1.807) is 5.01 Å². The van der Waals surface area contributed by atoms with Crippen molar-refractivity contribution in [2.45, 2.75) is 39.2 Å². The van der Waals surface area contributed by atoms with Gasteiger partial charge in [0.05, 0.1) is 19.2 Å². The number of hydrazine groups is 1. The first-order valence-corrected chi connectivity index (χ1v) is 9.62. The number of carbonyl (C=O) groups excluding carboxylic acids is 1. The molecule has 1 unspecified atom stereocenters. The normalized spacial score (nSPS) is 15.6. The summed E-state index contributed by atoms with van der Waals surface area (Å²) < 4.78 is 4.93. The zero-order chi connectivity index (χ0) is 20.7. The monoisotopic (exact) mass is 384 g/mol. The van der Waals surface area contributed by atoms with Crippen LogP contribution in [0.5, 0.6) is 0 Å². The van der Waals surface area contributed by atoms with Crippen LogP contribution in [-0.4, -0.2) is 31.2 Å². The smallest absolute Gasteiger partial charge is 0.306 e. The Bertz CT molecular complexity index is 783. The number of fused-ring (bicyclic) bond motifs is 1. The van der Waals surface area contributed by atoms with Crippen molar-refractivity contribution in [2.75, 3.05) is 20.2 Å². The molecule has 152 valence electrons. The molecule has 5 N–H and O–H groups in total. The molecule has 1 atom stereocenters. The van der Waals surface area contributed by atoms with Crippen molar-refractivity contribution in [3.05, 3.63) is 70.6 Å². The molecule has 0 saturated carbocycles. The van der Waals surface area contributed by atoms with Crippen LogP contribution in [0, 0.1) is 0 Å². The summed E-state index contributed by atoms with van der Waals surface area (Å²) in [5.41, 5.74) is 11.7. The number of nitrogens with two attached hydrogens (primary N) is 2. The first kappa shape index (κ1) is 21.7. The highest BCUT2D eigenvalue weighted by Gasteiger charge is 2.20. The van der Waals surface area contributed by atoms with Crippen molar-refractivity contribution in [1.29, 1.82) is 0 Å². The molecular formula is C22H32N4O2. The summed E-state index contributed by atoms with van der Waals surface area (Å²) in [4.78, 5) is 12.1. The number of carbonyl (C=O) groups is 1. The van der Waals surface area contributed by atoms with Gasteiger partial charge in [-0.1, -0.05) is 36.4 Å². The lowest BCUT2D eigenvalue weighted by Gasteiger charge is -2.23. The Kier molecular flexibility index (Phi) is 7.84. The maximum atomic E-state index is 12.1. The van der Waals surface area contributed by atoms with E-state index in [-0.39, 0.29) is 18.3 Å². The highest BCUT2D eigenvalue weighted by Crippen LogP contribution is 2.31. The van der Waals surface area contributed by atoms with E-state index in [9.17, 15) is 4.79 Å². The molecule has 1 aliphatic rings. The predicted octanol–water partition coefficient (Wildman–Crippen LogP) is 2.48. The Balaban J connectivity index is 2.39. The van der Waals surface area contributed by atoms with E-state index in [1.807, 2.05) is 26.0 Å². The number of hydrogen-bond donors (Lipinski definition) is 3. The molecule has 28 heavy (non-hydrogen) atoms. The number of benzene rings is 1. The zero-order valence-electron chi connectivity index (χ0n) is 17.1. The van der Waals surface area contributed by atoms with Gasteiger partial charge in [0.2, 0.25) is 0 Å². The van der Waals surface area contributed by atoms with Gasteiger partial charge < -0.3 is 20.8 Å². The Morgan fingerprint density at radius 2 is 2.14 bits per heavy atom. The standard InChI is InChI=1S/C22H32N4O2/c1-5-26(24)21(16(3)23)9-6-15(2)20(13-22(27)28-4)18-8-7-17-10-11-25-14-19(17)12-18/h6-9,12,20,25H,3,5,10-11,13-14,23-24H2,1-2,4H3/b15-6+,21-9+. The summed E-state index contributed by atoms with van der Waals surface area (Å²) in [6.45, 7) is 10.2. The van der Waals surface area contributed by atoms with E-state index >= 15 is 0 Å². The average Bonchev–Trinajstić information content (AvgIpc) is 2.70. The fourth-order valence-electron chi connectivity index (χ4n) is 3.39. The molecule has 0 spiro atoms. The van der Waals surface area contributed by atoms with Crippen molar-refractivity contribution in [3.63, 3.8) is 0 Å². The zero-order valence-corrected chi connectivity index (χ0v) is 17.1. The highest BCUT2D eigenvalue weighted by molar-refractivity contribution is 5.71. The van der Waals surface area contributed by atoms with Gasteiger partial charge in [-0.3, -0.25) is 4.79 Å². The van der Waals surface area contributed by atoms with E-state index < -0.39 is 0 Å². The maximum Gasteiger partial charge on any atom is 0.306 e. The van der Waals surface area contributed by atoms with Gasteiger partial charge >= 0.3 is 5.97 Å². The van der Waals surface area contributed by atoms with Crippen LogP contribution in [0.4, 0.5) is 0 Å². The molecule has 6 nitrogen and oxygen atoms in total. The van der Waals surface area contributed by atoms with Crippen LogP contribution in [0.3, 0.4) is 0 Å². The third-order valence-electron chi connectivity index (χ3n) is 5.15. The topological polar surface area (TPSA) is 93.6 Å². The average molecular weight is 385 g/mol. The second-order valence-electron chi connectivity index (χ2n) is 7.06. The van der Waals surface area contributed by atoms with Crippen molar-refractivity contribution in [3.8, 4) is 0 Å². The Hall–Kier alpha value is -2.57. The second-order valence-corrected chi connectivity index (χ2v) is 7.06. The molecule has 0 aromatic heterocycles. The van der Waals surface area contributed by atoms with Gasteiger partial charge in [0.1, 0.15) is 0 Å². The molecule has 1 aliphatic heterocycles. The van der Waals surface area contributed by atoms with Gasteiger partial charge in [0.15, 0.2) is 0 Å². The van der Waals surface area contributed by atoms with Crippen LogP contribution in [0.2, 0.25) is 0 Å². The van der Waals surface area contributed by atoms with Crippen LogP contribution in [0.15, 0.2) is 53.9 Å². The summed E-state index contributed by atoms with van der Waals surface area (Å²) >= 11 is 0. The van der Waals surface area contributed by atoms with E-state index in [4.69, 9.17) is 16.3 Å². The third-order valence-corrected chi connectivity index (χ3v) is 5.15. The van der Waals surface area contributed by atoms with Gasteiger partial charge in [-0.05, 0) is 49.6 Å². The summed E-state index contributed by atoms with van der Waals surface area (Å²) in [7, 11) is 1.42. The first-order valence-electron chi connectivity index (χ1n) is 9.62. The lowest BCUT2D eigenvalue weighted by molar-refractivity contribution is -0.140. The molecule has 1 heterocycles. The number of nitrogens with zero attached hydrogens (tertiary/aromatic N) is 1. The number of likely N-dealkylation sites (N-methyl/N-ethyl adjacent to an activating group) is 1. The molecule has 6 heteroatoms. The Morgan fingerprint density at radius 1 is 1.39 bits per heavy atom. The van der Waals surface area contributed by atoms with Crippen LogP contribution in [0.1, 0.15) is 42.9 Å². The van der Waals surface area contributed by atoms with E-state index in [0.717, 1.165) is 30.6 Å². The summed E-state index contributed by atoms with van der Waals surface area (Å²) in [6, 6.07) is 6.48. The maximum absolute atomic E-state index is 12.1. The number of nitrogens with one attached hydrogen (secondary N) is 1. The predicted molar refractivity (Wildman–Crippen MR) is 113 cm³/mol. The molecule has 0 bridgehead atoms. The summed E-state index contributed by atoms with van der Waals surface area (Å²) in [5, 5.41) is 4.95. The quantitative estimate of drug-likeness (QED) is 0.276. The van der Waals surface area contributed by atoms with Crippen LogP contribution < -0.4 is 16.9 Å². The molecule has 0 saturated heterocycles. The van der Waals surface area contributed by atoms with Crippen molar-refractivity contribution >= 4 is 5.97 Å². The minimum absolute atomic E-state index is 0.0870. The molecule has 0 radical (unpaired) electrons. The van der Waals surface area contributed by atoms with Crippen molar-refractivity contribution < 1.29 is 9.53 Å². The molecule has 1 aromatic carbocycles.